The molecule has 1 aliphatic heterocycles. The molecule has 0 aliphatic carbocycles. The van der Waals surface area contributed by atoms with E-state index in [0.29, 0.717) is 23.0 Å². The maximum Gasteiger partial charge on any atom is 0.203 e. The average Bonchev–Trinajstić information content (AvgIpc) is 2.72. The number of hydrogen-bond donors (Lipinski definition) is 1. The highest BCUT2D eigenvalue weighted by Crippen LogP contribution is 2.40. The number of nitrogens with one attached hydrogen (secondary N) is 1. The largest absolute Gasteiger partial charge is 0.493 e. The first-order chi connectivity index (χ1) is 13.1. The van der Waals surface area contributed by atoms with E-state index in [1.54, 1.807) is 35.5 Å². The maximum atomic E-state index is 5.47. The third kappa shape index (κ3) is 3.60. The molecular formula is C21H25NO5. The Morgan fingerprint density at radius 3 is 1.89 bits per heavy atom. The third-order valence-electron chi connectivity index (χ3n) is 4.61. The van der Waals surface area contributed by atoms with Crippen molar-refractivity contribution in [2.24, 2.45) is 0 Å². The number of benzene rings is 2. The highest BCUT2D eigenvalue weighted by Gasteiger charge is 2.19. The Kier molecular flexibility index (Phi) is 5.64. The highest BCUT2D eigenvalue weighted by atomic mass is 16.5. The summed E-state index contributed by atoms with van der Waals surface area (Å²) in [6.07, 6.45) is 2.98. The molecule has 1 aliphatic rings. The van der Waals surface area contributed by atoms with Crippen LogP contribution in [0.2, 0.25) is 0 Å². The number of ether oxygens (including phenoxy) is 5. The Morgan fingerprint density at radius 2 is 1.33 bits per heavy atom. The minimum Gasteiger partial charge on any atom is -0.493 e. The van der Waals surface area contributed by atoms with Crippen LogP contribution in [-0.4, -0.2) is 42.1 Å². The molecule has 0 amide bonds. The Bertz CT molecular complexity index is 835. The molecule has 1 N–H and O–H groups in total. The van der Waals surface area contributed by atoms with Crippen LogP contribution in [0.1, 0.15) is 16.7 Å². The first-order valence-electron chi connectivity index (χ1n) is 8.66. The van der Waals surface area contributed by atoms with Crippen LogP contribution in [0.15, 0.2) is 24.3 Å². The number of rotatable bonds is 6. The van der Waals surface area contributed by atoms with Gasteiger partial charge in [-0.15, -0.1) is 0 Å². The van der Waals surface area contributed by atoms with Crippen molar-refractivity contribution in [3.8, 4) is 28.7 Å². The molecule has 0 bridgehead atoms. The fourth-order valence-corrected chi connectivity index (χ4v) is 3.29. The van der Waals surface area contributed by atoms with E-state index >= 15 is 0 Å². The summed E-state index contributed by atoms with van der Waals surface area (Å²) in [5.74, 6) is 3.26. The van der Waals surface area contributed by atoms with E-state index in [1.807, 2.05) is 24.3 Å². The smallest absolute Gasteiger partial charge is 0.203 e. The van der Waals surface area contributed by atoms with Crippen molar-refractivity contribution < 1.29 is 23.7 Å². The van der Waals surface area contributed by atoms with Gasteiger partial charge in [0.2, 0.25) is 5.75 Å². The Hall–Kier alpha value is -3.02. The van der Waals surface area contributed by atoms with Crippen molar-refractivity contribution in [2.45, 2.75) is 6.42 Å². The van der Waals surface area contributed by atoms with Gasteiger partial charge in [-0.2, -0.15) is 0 Å². The first kappa shape index (κ1) is 18.8. The molecule has 0 saturated carbocycles. The lowest BCUT2D eigenvalue weighted by Crippen LogP contribution is -2.22. The zero-order valence-corrected chi connectivity index (χ0v) is 16.3. The van der Waals surface area contributed by atoms with Gasteiger partial charge in [-0.1, -0.05) is 0 Å². The van der Waals surface area contributed by atoms with E-state index in [9.17, 15) is 0 Å². The molecule has 1 heterocycles. The van der Waals surface area contributed by atoms with Crippen molar-refractivity contribution in [3.63, 3.8) is 0 Å². The Labute approximate surface area is 159 Å². The summed E-state index contributed by atoms with van der Waals surface area (Å²) in [5.41, 5.74) is 4.25. The normalized spacial score (nSPS) is 14.2. The van der Waals surface area contributed by atoms with Crippen LogP contribution in [0, 0.1) is 0 Å². The summed E-state index contributed by atoms with van der Waals surface area (Å²) in [6.45, 7) is 0.846. The third-order valence-corrected chi connectivity index (χ3v) is 4.61. The lowest BCUT2D eigenvalue weighted by Gasteiger charge is -2.23. The summed E-state index contributed by atoms with van der Waals surface area (Å²) < 4.78 is 27.2. The number of hydrogen-bond acceptors (Lipinski definition) is 6. The summed E-state index contributed by atoms with van der Waals surface area (Å²) >= 11 is 0. The summed E-state index contributed by atoms with van der Waals surface area (Å²) in [7, 11) is 8.11. The number of fused-ring (bicyclic) bond motifs is 1. The SMILES string of the molecule is COc1cc2c(cc1OC)/C(=C/c1cc(OC)c(OC)c(OC)c1)NCC2. The van der Waals surface area contributed by atoms with Crippen LogP contribution < -0.4 is 29.0 Å². The monoisotopic (exact) mass is 371 g/mol. The fraction of sp³-hybridized carbons (Fsp3) is 0.333. The molecule has 0 spiro atoms. The molecule has 27 heavy (non-hydrogen) atoms. The summed E-state index contributed by atoms with van der Waals surface area (Å²) in [6, 6.07) is 7.89. The molecule has 144 valence electrons. The molecule has 0 unspecified atom stereocenters. The van der Waals surface area contributed by atoms with Gasteiger partial charge in [0.25, 0.3) is 0 Å². The van der Waals surface area contributed by atoms with Gasteiger partial charge in [0.1, 0.15) is 0 Å². The summed E-state index contributed by atoms with van der Waals surface area (Å²) in [4.78, 5) is 0. The Morgan fingerprint density at radius 1 is 0.741 bits per heavy atom. The second-order valence-corrected chi connectivity index (χ2v) is 6.06. The van der Waals surface area contributed by atoms with Gasteiger partial charge < -0.3 is 29.0 Å². The minimum absolute atomic E-state index is 0.575. The molecule has 0 radical (unpaired) electrons. The van der Waals surface area contributed by atoms with Crippen molar-refractivity contribution in [1.82, 2.24) is 5.32 Å². The minimum atomic E-state index is 0.575. The lowest BCUT2D eigenvalue weighted by molar-refractivity contribution is 0.324. The second kappa shape index (κ2) is 8.12. The standard InChI is InChI=1S/C21H25NO5/c1-23-17-11-14-6-7-22-16(15(14)12-18(17)24-2)8-13-9-19(25-3)21(27-5)20(10-13)26-4/h8-12,22H,6-7H2,1-5H3/b16-8-. The van der Waals surface area contributed by atoms with Gasteiger partial charge in [-0.25, -0.2) is 0 Å². The quantitative estimate of drug-likeness (QED) is 0.840. The highest BCUT2D eigenvalue weighted by molar-refractivity contribution is 5.84. The van der Waals surface area contributed by atoms with Gasteiger partial charge in [0, 0.05) is 17.8 Å². The topological polar surface area (TPSA) is 58.2 Å². The van der Waals surface area contributed by atoms with Gasteiger partial charge >= 0.3 is 0 Å². The van der Waals surface area contributed by atoms with E-state index in [0.717, 1.165) is 35.5 Å². The predicted octanol–water partition coefficient (Wildman–Crippen LogP) is 3.37. The van der Waals surface area contributed by atoms with Crippen LogP contribution in [-0.2, 0) is 6.42 Å². The molecule has 2 aromatic carbocycles. The zero-order valence-electron chi connectivity index (χ0n) is 16.3. The molecular weight excluding hydrogens is 346 g/mol. The molecule has 6 heteroatoms. The second-order valence-electron chi connectivity index (χ2n) is 6.06. The van der Waals surface area contributed by atoms with Gasteiger partial charge in [0.05, 0.1) is 35.5 Å². The van der Waals surface area contributed by atoms with Crippen LogP contribution in [0.5, 0.6) is 28.7 Å². The van der Waals surface area contributed by atoms with E-state index < -0.39 is 0 Å². The van der Waals surface area contributed by atoms with Crippen LogP contribution in [0.25, 0.3) is 11.8 Å². The van der Waals surface area contributed by atoms with Crippen LogP contribution in [0.3, 0.4) is 0 Å². The van der Waals surface area contributed by atoms with Crippen molar-refractivity contribution in [2.75, 3.05) is 42.1 Å². The predicted molar refractivity (Wildman–Crippen MR) is 105 cm³/mol. The molecule has 6 nitrogen and oxygen atoms in total. The maximum absolute atomic E-state index is 5.47. The zero-order chi connectivity index (χ0) is 19.4. The van der Waals surface area contributed by atoms with E-state index in [2.05, 4.69) is 11.4 Å². The average molecular weight is 371 g/mol. The number of methoxy groups -OCH3 is 5. The Balaban J connectivity index is 2.10. The molecule has 0 fully saturated rings. The molecule has 0 aromatic heterocycles. The van der Waals surface area contributed by atoms with Gasteiger partial charge in [-0.3, -0.25) is 0 Å². The molecule has 2 aromatic rings. The molecule has 0 atom stereocenters. The van der Waals surface area contributed by atoms with E-state index in [-0.39, 0.29) is 0 Å². The summed E-state index contributed by atoms with van der Waals surface area (Å²) in [5, 5.41) is 3.47. The van der Waals surface area contributed by atoms with Crippen molar-refractivity contribution in [3.05, 3.63) is 41.0 Å². The van der Waals surface area contributed by atoms with Gasteiger partial charge in [0.15, 0.2) is 23.0 Å². The first-order valence-corrected chi connectivity index (χ1v) is 8.66. The van der Waals surface area contributed by atoms with Crippen LogP contribution in [0.4, 0.5) is 0 Å². The van der Waals surface area contributed by atoms with Crippen LogP contribution >= 0.6 is 0 Å². The van der Waals surface area contributed by atoms with Gasteiger partial charge in [-0.05, 0) is 47.9 Å². The molecule has 0 saturated heterocycles. The lowest BCUT2D eigenvalue weighted by atomic mass is 9.95. The van der Waals surface area contributed by atoms with E-state index in [1.165, 1.54) is 5.56 Å². The fourth-order valence-electron chi connectivity index (χ4n) is 3.29. The van der Waals surface area contributed by atoms with Crippen molar-refractivity contribution >= 4 is 11.8 Å². The van der Waals surface area contributed by atoms with Crippen molar-refractivity contribution in [1.29, 1.82) is 0 Å². The molecule has 3 rings (SSSR count). The van der Waals surface area contributed by atoms with E-state index in [4.69, 9.17) is 23.7 Å².